The summed E-state index contributed by atoms with van der Waals surface area (Å²) in [6.45, 7) is 7.36. The molecule has 0 amide bonds. The standard InChI is InChI=1S/C12H23NO2/c1-4-13-12(11(14)15-5-2)9-7-6-8-10(12)3/h10,13H,4-9H2,1-3H3. The summed E-state index contributed by atoms with van der Waals surface area (Å²) in [6.07, 6.45) is 4.39. The van der Waals surface area contributed by atoms with Crippen LogP contribution in [0.2, 0.25) is 0 Å². The van der Waals surface area contributed by atoms with E-state index in [-0.39, 0.29) is 5.97 Å². The molecule has 0 bridgehead atoms. The van der Waals surface area contributed by atoms with Crippen molar-refractivity contribution in [2.24, 2.45) is 5.92 Å². The molecule has 2 atom stereocenters. The Kier molecular flexibility index (Phi) is 4.58. The van der Waals surface area contributed by atoms with Gasteiger partial charge in [0.05, 0.1) is 6.61 Å². The molecule has 0 aromatic carbocycles. The molecule has 1 fully saturated rings. The zero-order valence-electron chi connectivity index (χ0n) is 10.1. The quantitative estimate of drug-likeness (QED) is 0.727. The van der Waals surface area contributed by atoms with Gasteiger partial charge in [-0.2, -0.15) is 0 Å². The largest absolute Gasteiger partial charge is 0.465 e. The third-order valence-electron chi connectivity index (χ3n) is 3.43. The van der Waals surface area contributed by atoms with E-state index in [0.717, 1.165) is 25.8 Å². The number of ether oxygens (including phenoxy) is 1. The molecule has 0 aliphatic heterocycles. The summed E-state index contributed by atoms with van der Waals surface area (Å²) in [7, 11) is 0. The van der Waals surface area contributed by atoms with E-state index in [0.29, 0.717) is 12.5 Å². The lowest BCUT2D eigenvalue weighted by Crippen LogP contribution is -2.58. The zero-order valence-corrected chi connectivity index (χ0v) is 10.1. The number of rotatable bonds is 4. The molecule has 0 heterocycles. The minimum Gasteiger partial charge on any atom is -0.465 e. The highest BCUT2D eigenvalue weighted by molar-refractivity contribution is 5.81. The molecular formula is C12H23NO2. The lowest BCUT2D eigenvalue weighted by atomic mass is 9.73. The first-order valence-corrected chi connectivity index (χ1v) is 6.09. The van der Waals surface area contributed by atoms with E-state index in [9.17, 15) is 4.79 Å². The SMILES string of the molecule is CCNC1(C(=O)OCC)CCCCC1C. The summed E-state index contributed by atoms with van der Waals surface area (Å²) in [6, 6.07) is 0. The second-order valence-electron chi connectivity index (χ2n) is 4.37. The first-order chi connectivity index (χ1) is 7.17. The van der Waals surface area contributed by atoms with Crippen LogP contribution in [0.4, 0.5) is 0 Å². The van der Waals surface area contributed by atoms with Crippen molar-refractivity contribution in [3.05, 3.63) is 0 Å². The molecule has 1 saturated carbocycles. The monoisotopic (exact) mass is 213 g/mol. The third kappa shape index (κ3) is 2.51. The first-order valence-electron chi connectivity index (χ1n) is 6.09. The molecule has 2 unspecified atom stereocenters. The molecular weight excluding hydrogens is 190 g/mol. The molecule has 0 aromatic heterocycles. The Bertz CT molecular complexity index is 214. The molecule has 15 heavy (non-hydrogen) atoms. The van der Waals surface area contributed by atoms with Gasteiger partial charge in [0.15, 0.2) is 0 Å². The average Bonchev–Trinajstić information content (AvgIpc) is 2.22. The first kappa shape index (κ1) is 12.5. The van der Waals surface area contributed by atoms with E-state index in [1.54, 1.807) is 0 Å². The van der Waals surface area contributed by atoms with Crippen molar-refractivity contribution in [1.82, 2.24) is 5.32 Å². The maximum Gasteiger partial charge on any atom is 0.326 e. The number of hydrogen-bond acceptors (Lipinski definition) is 3. The van der Waals surface area contributed by atoms with Gasteiger partial charge >= 0.3 is 5.97 Å². The van der Waals surface area contributed by atoms with Crippen molar-refractivity contribution in [1.29, 1.82) is 0 Å². The number of carbonyl (C=O) groups excluding carboxylic acids is 1. The van der Waals surface area contributed by atoms with Crippen molar-refractivity contribution < 1.29 is 9.53 Å². The van der Waals surface area contributed by atoms with Gasteiger partial charge in [0.2, 0.25) is 0 Å². The number of carbonyl (C=O) groups is 1. The molecule has 88 valence electrons. The topological polar surface area (TPSA) is 38.3 Å². The Morgan fingerprint density at radius 3 is 2.73 bits per heavy atom. The van der Waals surface area contributed by atoms with E-state index in [1.807, 2.05) is 13.8 Å². The van der Waals surface area contributed by atoms with Gasteiger partial charge in [-0.15, -0.1) is 0 Å². The fraction of sp³-hybridized carbons (Fsp3) is 0.917. The van der Waals surface area contributed by atoms with E-state index in [4.69, 9.17) is 4.74 Å². The summed E-state index contributed by atoms with van der Waals surface area (Å²) in [5.41, 5.74) is -0.414. The fourth-order valence-electron chi connectivity index (χ4n) is 2.56. The van der Waals surface area contributed by atoms with Crippen LogP contribution in [-0.4, -0.2) is 24.7 Å². The summed E-state index contributed by atoms with van der Waals surface area (Å²) < 4.78 is 5.21. The van der Waals surface area contributed by atoms with Crippen LogP contribution >= 0.6 is 0 Å². The second kappa shape index (κ2) is 5.50. The van der Waals surface area contributed by atoms with Gasteiger partial charge in [0.25, 0.3) is 0 Å². The average molecular weight is 213 g/mol. The predicted octanol–water partition coefficient (Wildman–Crippen LogP) is 2.11. The Morgan fingerprint density at radius 2 is 2.20 bits per heavy atom. The fourth-order valence-corrected chi connectivity index (χ4v) is 2.56. The van der Waals surface area contributed by atoms with Gasteiger partial charge in [-0.1, -0.05) is 26.7 Å². The molecule has 1 aliphatic rings. The van der Waals surface area contributed by atoms with Gasteiger partial charge in [0.1, 0.15) is 5.54 Å². The Morgan fingerprint density at radius 1 is 1.47 bits per heavy atom. The van der Waals surface area contributed by atoms with Crippen LogP contribution in [0.25, 0.3) is 0 Å². The lowest BCUT2D eigenvalue weighted by Gasteiger charge is -2.40. The minimum absolute atomic E-state index is 0.0564. The molecule has 0 spiro atoms. The van der Waals surface area contributed by atoms with E-state index in [1.165, 1.54) is 6.42 Å². The normalized spacial score (nSPS) is 31.3. The van der Waals surface area contributed by atoms with Crippen LogP contribution in [0, 0.1) is 5.92 Å². The van der Waals surface area contributed by atoms with Crippen molar-refractivity contribution in [2.75, 3.05) is 13.2 Å². The van der Waals surface area contributed by atoms with Crippen LogP contribution in [0.5, 0.6) is 0 Å². The summed E-state index contributed by atoms with van der Waals surface area (Å²) in [5.74, 6) is 0.323. The predicted molar refractivity (Wildman–Crippen MR) is 60.7 cm³/mol. The highest BCUT2D eigenvalue weighted by Gasteiger charge is 2.45. The molecule has 0 saturated heterocycles. The number of nitrogens with one attached hydrogen (secondary N) is 1. The highest BCUT2D eigenvalue weighted by atomic mass is 16.5. The number of esters is 1. The van der Waals surface area contributed by atoms with Crippen molar-refractivity contribution in [3.63, 3.8) is 0 Å². The Hall–Kier alpha value is -0.570. The summed E-state index contributed by atoms with van der Waals surface area (Å²) in [4.78, 5) is 12.0. The van der Waals surface area contributed by atoms with Gasteiger partial charge in [0, 0.05) is 0 Å². The number of likely N-dealkylation sites (N-methyl/N-ethyl adjacent to an activating group) is 1. The second-order valence-corrected chi connectivity index (χ2v) is 4.37. The zero-order chi connectivity index (χ0) is 11.3. The maximum absolute atomic E-state index is 12.0. The molecule has 3 heteroatoms. The van der Waals surface area contributed by atoms with Crippen LogP contribution in [0.3, 0.4) is 0 Å². The van der Waals surface area contributed by atoms with Gasteiger partial charge in [-0.25, -0.2) is 0 Å². The van der Waals surface area contributed by atoms with Crippen molar-refractivity contribution >= 4 is 5.97 Å². The smallest absolute Gasteiger partial charge is 0.326 e. The van der Waals surface area contributed by atoms with Crippen molar-refractivity contribution in [2.45, 2.75) is 52.0 Å². The Balaban J connectivity index is 2.79. The summed E-state index contributed by atoms with van der Waals surface area (Å²) in [5, 5.41) is 3.36. The van der Waals surface area contributed by atoms with Crippen LogP contribution in [0.1, 0.15) is 46.5 Å². The van der Waals surface area contributed by atoms with E-state index < -0.39 is 5.54 Å². The third-order valence-corrected chi connectivity index (χ3v) is 3.43. The van der Waals surface area contributed by atoms with Crippen molar-refractivity contribution in [3.8, 4) is 0 Å². The number of hydrogen-bond donors (Lipinski definition) is 1. The minimum atomic E-state index is -0.414. The van der Waals surface area contributed by atoms with Crippen LogP contribution < -0.4 is 5.32 Å². The lowest BCUT2D eigenvalue weighted by molar-refractivity contribution is -0.155. The van der Waals surface area contributed by atoms with Gasteiger partial charge in [-0.3, -0.25) is 4.79 Å². The molecule has 0 radical (unpaired) electrons. The molecule has 3 nitrogen and oxygen atoms in total. The van der Waals surface area contributed by atoms with Gasteiger partial charge < -0.3 is 10.1 Å². The van der Waals surface area contributed by atoms with Crippen LogP contribution in [0.15, 0.2) is 0 Å². The van der Waals surface area contributed by atoms with E-state index >= 15 is 0 Å². The molecule has 1 aliphatic carbocycles. The maximum atomic E-state index is 12.0. The summed E-state index contributed by atoms with van der Waals surface area (Å²) >= 11 is 0. The molecule has 0 aromatic rings. The Labute approximate surface area is 92.6 Å². The molecule has 1 rings (SSSR count). The molecule has 1 N–H and O–H groups in total. The van der Waals surface area contributed by atoms with E-state index in [2.05, 4.69) is 12.2 Å². The van der Waals surface area contributed by atoms with Gasteiger partial charge in [-0.05, 0) is 32.2 Å². The highest BCUT2D eigenvalue weighted by Crippen LogP contribution is 2.34. The van der Waals surface area contributed by atoms with Crippen LogP contribution in [-0.2, 0) is 9.53 Å².